The van der Waals surface area contributed by atoms with Crippen LogP contribution in [0.15, 0.2) is 42.6 Å². The molecule has 6 nitrogen and oxygen atoms in total. The van der Waals surface area contributed by atoms with Crippen molar-refractivity contribution in [1.82, 2.24) is 10.3 Å². The Balaban J connectivity index is 1.73. The van der Waals surface area contributed by atoms with Crippen molar-refractivity contribution in [2.24, 2.45) is 0 Å². The molecule has 2 amide bonds. The Morgan fingerprint density at radius 3 is 2.60 bits per heavy atom. The number of amides is 2. The van der Waals surface area contributed by atoms with Crippen molar-refractivity contribution in [3.8, 4) is 5.75 Å². The van der Waals surface area contributed by atoms with Crippen LogP contribution in [-0.2, 0) is 11.2 Å². The zero-order valence-electron chi connectivity index (χ0n) is 16.3. The predicted molar refractivity (Wildman–Crippen MR) is 107 cm³/mol. The van der Waals surface area contributed by atoms with Gasteiger partial charge in [-0.25, -0.2) is 0 Å². The monoisotopic (exact) mass is 419 g/mol. The van der Waals surface area contributed by atoms with Gasteiger partial charge in [0, 0.05) is 28.4 Å². The normalized spacial score (nSPS) is 11.4. The summed E-state index contributed by atoms with van der Waals surface area (Å²) in [4.78, 5) is 27.6. The minimum Gasteiger partial charge on any atom is -0.497 e. The van der Waals surface area contributed by atoms with Crippen molar-refractivity contribution in [2.45, 2.75) is 19.5 Å². The molecule has 0 spiro atoms. The highest BCUT2D eigenvalue weighted by atomic mass is 19.4. The lowest BCUT2D eigenvalue weighted by molar-refractivity contribution is -0.123. The number of alkyl halides is 3. The largest absolute Gasteiger partial charge is 0.497 e. The summed E-state index contributed by atoms with van der Waals surface area (Å²) in [6.45, 7) is 0.301. The van der Waals surface area contributed by atoms with E-state index in [1.165, 1.54) is 12.1 Å². The molecule has 0 aliphatic heterocycles. The van der Waals surface area contributed by atoms with E-state index in [4.69, 9.17) is 4.74 Å². The van der Waals surface area contributed by atoms with E-state index in [2.05, 4.69) is 10.3 Å². The maximum absolute atomic E-state index is 12.6. The first-order valence-electron chi connectivity index (χ1n) is 9.06. The SMILES string of the molecule is COc1ccc2[nH]cc(CC(=O)Nc3cc(C(=O)NCC(F)(F)F)ccc3C)c2c1. The molecule has 0 aliphatic carbocycles. The molecular weight excluding hydrogens is 399 g/mol. The van der Waals surface area contributed by atoms with Crippen molar-refractivity contribution in [3.63, 3.8) is 0 Å². The van der Waals surface area contributed by atoms with Gasteiger partial charge >= 0.3 is 6.18 Å². The Morgan fingerprint density at radius 2 is 1.90 bits per heavy atom. The van der Waals surface area contributed by atoms with Gasteiger partial charge in [-0.3, -0.25) is 9.59 Å². The first kappa shape index (κ1) is 21.2. The van der Waals surface area contributed by atoms with Crippen LogP contribution in [0.3, 0.4) is 0 Å². The number of methoxy groups -OCH3 is 1. The van der Waals surface area contributed by atoms with Gasteiger partial charge < -0.3 is 20.4 Å². The van der Waals surface area contributed by atoms with E-state index in [-0.39, 0.29) is 17.9 Å². The number of fused-ring (bicyclic) bond motifs is 1. The van der Waals surface area contributed by atoms with Crippen molar-refractivity contribution in [3.05, 3.63) is 59.3 Å². The van der Waals surface area contributed by atoms with Crippen molar-refractivity contribution in [2.75, 3.05) is 19.0 Å². The van der Waals surface area contributed by atoms with Gasteiger partial charge in [-0.2, -0.15) is 13.2 Å². The summed E-state index contributed by atoms with van der Waals surface area (Å²) in [6, 6.07) is 9.81. The number of hydrogen-bond acceptors (Lipinski definition) is 3. The van der Waals surface area contributed by atoms with E-state index < -0.39 is 18.6 Å². The quantitative estimate of drug-likeness (QED) is 0.566. The van der Waals surface area contributed by atoms with Crippen molar-refractivity contribution >= 4 is 28.4 Å². The van der Waals surface area contributed by atoms with Gasteiger partial charge in [-0.1, -0.05) is 6.07 Å². The lowest BCUT2D eigenvalue weighted by Gasteiger charge is -2.12. The Kier molecular flexibility index (Phi) is 6.00. The van der Waals surface area contributed by atoms with Gasteiger partial charge in [-0.05, 0) is 48.4 Å². The fraction of sp³-hybridized carbons (Fsp3) is 0.238. The number of carbonyl (C=O) groups excluding carboxylic acids is 2. The zero-order chi connectivity index (χ0) is 21.9. The first-order valence-corrected chi connectivity index (χ1v) is 9.06. The number of aromatic nitrogens is 1. The van der Waals surface area contributed by atoms with Crippen LogP contribution in [0.4, 0.5) is 18.9 Å². The third-order valence-corrected chi connectivity index (χ3v) is 4.55. The fourth-order valence-corrected chi connectivity index (χ4v) is 2.98. The van der Waals surface area contributed by atoms with E-state index in [0.29, 0.717) is 17.0 Å². The molecule has 3 N–H and O–H groups in total. The molecular formula is C21H20F3N3O3. The molecule has 0 aliphatic rings. The van der Waals surface area contributed by atoms with E-state index in [0.717, 1.165) is 16.5 Å². The second-order valence-electron chi connectivity index (χ2n) is 6.78. The summed E-state index contributed by atoms with van der Waals surface area (Å²) in [7, 11) is 1.56. The van der Waals surface area contributed by atoms with Crippen molar-refractivity contribution in [1.29, 1.82) is 0 Å². The van der Waals surface area contributed by atoms with Gasteiger partial charge in [-0.15, -0.1) is 0 Å². The van der Waals surface area contributed by atoms with Crippen LogP contribution < -0.4 is 15.4 Å². The molecule has 2 aromatic carbocycles. The number of hydrogen-bond donors (Lipinski definition) is 3. The lowest BCUT2D eigenvalue weighted by atomic mass is 10.1. The highest BCUT2D eigenvalue weighted by molar-refractivity contribution is 5.99. The van der Waals surface area contributed by atoms with Crippen LogP contribution in [0.25, 0.3) is 10.9 Å². The standard InChI is InChI=1S/C21H20F3N3O3/c1-12-3-4-13(20(29)26-11-21(22,23)24)7-18(12)27-19(28)8-14-10-25-17-6-5-15(30-2)9-16(14)17/h3-7,9-10,25H,8,11H2,1-2H3,(H,26,29)(H,27,28). The topological polar surface area (TPSA) is 83.2 Å². The number of aryl methyl sites for hydroxylation is 1. The van der Waals surface area contributed by atoms with Crippen LogP contribution in [0.2, 0.25) is 0 Å². The van der Waals surface area contributed by atoms with Gasteiger partial charge in [0.2, 0.25) is 5.91 Å². The number of benzene rings is 2. The predicted octanol–water partition coefficient (Wildman–Crippen LogP) is 3.96. The highest BCUT2D eigenvalue weighted by Crippen LogP contribution is 2.25. The number of ether oxygens (including phenoxy) is 1. The van der Waals surface area contributed by atoms with Crippen LogP contribution >= 0.6 is 0 Å². The minimum absolute atomic E-state index is 0.0250. The second kappa shape index (κ2) is 8.48. The Hall–Kier alpha value is -3.49. The van der Waals surface area contributed by atoms with Crippen LogP contribution in [-0.4, -0.2) is 36.6 Å². The number of aromatic amines is 1. The Labute approximate surface area is 170 Å². The number of halogens is 3. The maximum Gasteiger partial charge on any atom is 0.405 e. The highest BCUT2D eigenvalue weighted by Gasteiger charge is 2.28. The van der Waals surface area contributed by atoms with E-state index in [9.17, 15) is 22.8 Å². The Morgan fingerprint density at radius 1 is 1.13 bits per heavy atom. The molecule has 0 unspecified atom stereocenters. The average molecular weight is 419 g/mol. The first-order chi connectivity index (χ1) is 14.2. The molecule has 0 radical (unpaired) electrons. The molecule has 0 saturated heterocycles. The summed E-state index contributed by atoms with van der Waals surface area (Å²) in [5.74, 6) is -0.529. The van der Waals surface area contributed by atoms with Crippen LogP contribution in [0.1, 0.15) is 21.5 Å². The average Bonchev–Trinajstić information content (AvgIpc) is 3.09. The third kappa shape index (κ3) is 5.11. The van der Waals surface area contributed by atoms with Gasteiger partial charge in [0.15, 0.2) is 0 Å². The summed E-state index contributed by atoms with van der Waals surface area (Å²) in [6.07, 6.45) is -2.70. The van der Waals surface area contributed by atoms with E-state index >= 15 is 0 Å². The van der Waals surface area contributed by atoms with Crippen molar-refractivity contribution < 1.29 is 27.5 Å². The number of anilines is 1. The molecule has 1 heterocycles. The molecule has 30 heavy (non-hydrogen) atoms. The maximum atomic E-state index is 12.6. The van der Waals surface area contributed by atoms with Gasteiger partial charge in [0.05, 0.1) is 13.5 Å². The van der Waals surface area contributed by atoms with E-state index in [1.807, 2.05) is 17.4 Å². The summed E-state index contributed by atoms with van der Waals surface area (Å²) >= 11 is 0. The smallest absolute Gasteiger partial charge is 0.405 e. The summed E-state index contributed by atoms with van der Waals surface area (Å²) < 4.78 is 42.1. The van der Waals surface area contributed by atoms with Gasteiger partial charge in [0.1, 0.15) is 12.3 Å². The molecule has 0 fully saturated rings. The number of H-pyrrole nitrogens is 1. The third-order valence-electron chi connectivity index (χ3n) is 4.55. The number of nitrogens with one attached hydrogen (secondary N) is 3. The number of rotatable bonds is 6. The fourth-order valence-electron chi connectivity index (χ4n) is 2.98. The second-order valence-corrected chi connectivity index (χ2v) is 6.78. The molecule has 1 aromatic heterocycles. The molecule has 9 heteroatoms. The van der Waals surface area contributed by atoms with Crippen LogP contribution in [0.5, 0.6) is 5.75 Å². The molecule has 0 bridgehead atoms. The Bertz CT molecular complexity index is 1090. The summed E-state index contributed by atoms with van der Waals surface area (Å²) in [5, 5.41) is 5.39. The molecule has 158 valence electrons. The minimum atomic E-state index is -4.50. The molecule has 3 rings (SSSR count). The van der Waals surface area contributed by atoms with Gasteiger partial charge in [0.25, 0.3) is 5.91 Å². The molecule has 0 saturated carbocycles. The zero-order valence-corrected chi connectivity index (χ0v) is 16.3. The van der Waals surface area contributed by atoms with Crippen LogP contribution in [0, 0.1) is 6.92 Å². The summed E-state index contributed by atoms with van der Waals surface area (Å²) in [5.41, 5.74) is 2.68. The lowest BCUT2D eigenvalue weighted by Crippen LogP contribution is -2.33. The molecule has 3 aromatic rings. The molecule has 0 atom stereocenters. The number of carbonyl (C=O) groups is 2. The van der Waals surface area contributed by atoms with E-state index in [1.54, 1.807) is 32.4 Å².